The number of imide groups is 2. The number of ether oxygens (including phenoxy) is 7. The minimum Gasteiger partial charge on any atom is -0.473 e. The summed E-state index contributed by atoms with van der Waals surface area (Å²) < 4.78 is 62.1. The van der Waals surface area contributed by atoms with Crippen LogP contribution in [0.3, 0.4) is 0 Å². The molecule has 0 saturated heterocycles. The third kappa shape index (κ3) is 20.0. The Morgan fingerprint density at radius 3 is 1.25 bits per heavy atom. The zero-order valence-corrected chi connectivity index (χ0v) is 39.0. The summed E-state index contributed by atoms with van der Waals surface area (Å²) in [4.78, 5) is 88.2. The van der Waals surface area contributed by atoms with E-state index in [1.54, 1.807) is 125 Å². The van der Waals surface area contributed by atoms with E-state index in [0.29, 0.717) is 9.80 Å². The molecule has 21 heteroatoms. The number of anilines is 2. The fourth-order valence-corrected chi connectivity index (χ4v) is 4.58. The predicted octanol–water partition coefficient (Wildman–Crippen LogP) is 9.04. The summed E-state index contributed by atoms with van der Waals surface area (Å²) in [6, 6.07) is 0.998. The number of rotatable bonds is 12. The Labute approximate surface area is 352 Å². The first-order valence-electron chi connectivity index (χ1n) is 18.8. The normalized spacial score (nSPS) is 12.9. The molecule has 0 bridgehead atoms. The third-order valence-corrected chi connectivity index (χ3v) is 7.60. The quantitative estimate of drug-likeness (QED) is 0.0824. The maximum Gasteiger partial charge on any atom is 0.427 e. The molecule has 1 rings (SSSR count). The number of esters is 2. The molecule has 0 aromatic carbocycles. The molecule has 0 aliphatic rings. The largest absolute Gasteiger partial charge is 0.473 e. The van der Waals surface area contributed by atoms with Crippen LogP contribution in [0.5, 0.6) is 5.88 Å². The van der Waals surface area contributed by atoms with E-state index in [0.717, 1.165) is 18.0 Å². The zero-order valence-electron chi connectivity index (χ0n) is 38.1. The number of aromatic nitrogens is 2. The summed E-state index contributed by atoms with van der Waals surface area (Å²) in [5, 5.41) is 0. The molecule has 4 amide bonds. The van der Waals surface area contributed by atoms with Gasteiger partial charge in [0.15, 0.2) is 5.82 Å². The van der Waals surface area contributed by atoms with Crippen molar-refractivity contribution in [2.24, 2.45) is 10.8 Å². The molecule has 0 radical (unpaired) electrons. The van der Waals surface area contributed by atoms with Crippen molar-refractivity contribution in [2.45, 2.75) is 147 Å². The number of carbonyl (C=O) groups is 6. The van der Waals surface area contributed by atoms with Crippen LogP contribution in [0.25, 0.3) is 0 Å². The smallest absolute Gasteiger partial charge is 0.427 e. The van der Waals surface area contributed by atoms with E-state index in [2.05, 4.69) is 9.97 Å². The SMILES string of the molecule is CC(C)(C)OC(=O)N(C(=O)OC(C)(C)C)c1cc(OC/C=C/P(=O)(OCOC(=O)C(C)(C)C)OCOC(=O)C(C)(C)C)nc(N(C(=O)OC(C)(C)C)C(=O)OC(C)(C)C)n1. The molecule has 0 aliphatic heterocycles. The van der Waals surface area contributed by atoms with Crippen LogP contribution in [0.4, 0.5) is 30.9 Å². The van der Waals surface area contributed by atoms with Crippen molar-refractivity contribution in [3.8, 4) is 5.88 Å². The predicted molar refractivity (Wildman–Crippen MR) is 217 cm³/mol. The van der Waals surface area contributed by atoms with E-state index in [-0.39, 0.29) is 0 Å². The summed E-state index contributed by atoms with van der Waals surface area (Å²) in [7, 11) is -4.35. The zero-order chi connectivity index (χ0) is 46.9. The molecule has 0 aliphatic carbocycles. The van der Waals surface area contributed by atoms with Gasteiger partial charge in [-0.1, -0.05) is 0 Å². The molecule has 0 atom stereocenters. The first-order chi connectivity index (χ1) is 26.8. The van der Waals surface area contributed by atoms with Crippen LogP contribution in [0.2, 0.25) is 0 Å². The molecule has 0 N–H and O–H groups in total. The van der Waals surface area contributed by atoms with E-state index < -0.39 is 115 Å². The van der Waals surface area contributed by atoms with Gasteiger partial charge in [0, 0.05) is 11.9 Å². The lowest BCUT2D eigenvalue weighted by Gasteiger charge is -2.29. The first-order valence-corrected chi connectivity index (χ1v) is 20.4. The van der Waals surface area contributed by atoms with E-state index in [4.69, 9.17) is 42.2 Å². The van der Waals surface area contributed by atoms with Crippen LogP contribution in [-0.4, -0.2) is 88.9 Å². The second-order valence-electron chi connectivity index (χ2n) is 19.0. The van der Waals surface area contributed by atoms with Crippen LogP contribution in [0.1, 0.15) is 125 Å². The minimum absolute atomic E-state index is 0.332. The molecule has 20 nitrogen and oxygen atoms in total. The van der Waals surface area contributed by atoms with Gasteiger partial charge in [0.2, 0.25) is 25.4 Å². The van der Waals surface area contributed by atoms with Gasteiger partial charge in [-0.05, 0) is 131 Å². The summed E-state index contributed by atoms with van der Waals surface area (Å²) in [5.41, 5.74) is -6.39. The Morgan fingerprint density at radius 1 is 0.567 bits per heavy atom. The molecular formula is C39H63N4O16P. The van der Waals surface area contributed by atoms with Gasteiger partial charge in [0.1, 0.15) is 29.0 Å². The average Bonchev–Trinajstić information content (AvgIpc) is 2.98. The Balaban J connectivity index is 3.91. The number of nitrogens with zero attached hydrogens (tertiary/aromatic N) is 4. The summed E-state index contributed by atoms with van der Waals surface area (Å²) in [6.07, 6.45) is -3.98. The van der Waals surface area contributed by atoms with Crippen molar-refractivity contribution in [3.05, 3.63) is 18.0 Å². The highest BCUT2D eigenvalue weighted by molar-refractivity contribution is 7.57. The van der Waals surface area contributed by atoms with Gasteiger partial charge in [0.05, 0.1) is 10.8 Å². The maximum atomic E-state index is 13.7. The Morgan fingerprint density at radius 2 is 0.917 bits per heavy atom. The molecule has 0 spiro atoms. The van der Waals surface area contributed by atoms with Crippen molar-refractivity contribution in [2.75, 3.05) is 30.0 Å². The van der Waals surface area contributed by atoms with Crippen molar-refractivity contribution >= 4 is 55.7 Å². The minimum atomic E-state index is -4.35. The van der Waals surface area contributed by atoms with Gasteiger partial charge in [-0.3, -0.25) is 23.2 Å². The second kappa shape index (κ2) is 20.2. The lowest BCUT2D eigenvalue weighted by Crippen LogP contribution is -2.46. The second-order valence-corrected chi connectivity index (χ2v) is 20.9. The van der Waals surface area contributed by atoms with Gasteiger partial charge in [-0.15, -0.1) is 4.90 Å². The average molecular weight is 875 g/mol. The third-order valence-electron chi connectivity index (χ3n) is 6.10. The lowest BCUT2D eigenvalue weighted by atomic mass is 9.98. The van der Waals surface area contributed by atoms with Gasteiger partial charge in [0.25, 0.3) is 0 Å². The van der Waals surface area contributed by atoms with Crippen LogP contribution in [0.15, 0.2) is 18.0 Å². The van der Waals surface area contributed by atoms with Crippen LogP contribution in [-0.2, 0) is 51.6 Å². The van der Waals surface area contributed by atoms with E-state index >= 15 is 0 Å². The highest BCUT2D eigenvalue weighted by Crippen LogP contribution is 2.50. The van der Waals surface area contributed by atoms with Crippen molar-refractivity contribution < 1.29 is 75.5 Å². The summed E-state index contributed by atoms with van der Waals surface area (Å²) >= 11 is 0. The van der Waals surface area contributed by atoms with Crippen LogP contribution in [0, 0.1) is 10.8 Å². The van der Waals surface area contributed by atoms with Crippen LogP contribution >= 0.6 is 7.60 Å². The summed E-state index contributed by atoms with van der Waals surface area (Å²) in [5.74, 6) is -2.25. The molecule has 1 aromatic rings. The Hall–Kier alpha value is -4.81. The number of carbonyl (C=O) groups excluding carboxylic acids is 6. The first kappa shape index (κ1) is 53.2. The fourth-order valence-electron chi connectivity index (χ4n) is 3.59. The van der Waals surface area contributed by atoms with Gasteiger partial charge in [-0.2, -0.15) is 14.9 Å². The number of hydrogen-bond donors (Lipinski definition) is 0. The highest BCUT2D eigenvalue weighted by Gasteiger charge is 2.39. The fraction of sp³-hybridized carbons (Fsp3) is 0.692. The lowest BCUT2D eigenvalue weighted by molar-refractivity contribution is -0.161. The molecule has 340 valence electrons. The van der Waals surface area contributed by atoms with Crippen LogP contribution < -0.4 is 14.5 Å². The topological polar surface area (TPSA) is 235 Å². The molecule has 0 saturated carbocycles. The van der Waals surface area contributed by atoms with E-state index in [9.17, 15) is 33.3 Å². The standard InChI is InChI=1S/C39H63N4O16P/c1-34(2,3)27(44)52-23-54-60(50,55-24-53-28(45)35(4,5)6)21-19-20-51-26-22-25(42(30(46)56-36(7,8)9)31(47)57-37(10,11)12)40-29(41-26)43(32(48)58-38(13,14)15)33(49)59-39(16,17)18/h19,21-22H,20,23-24H2,1-18H3/b21-19+. The van der Waals surface area contributed by atoms with Crippen molar-refractivity contribution in [1.82, 2.24) is 9.97 Å². The number of amides is 4. The van der Waals surface area contributed by atoms with Gasteiger partial charge < -0.3 is 33.2 Å². The number of hydrogen-bond acceptors (Lipinski definition) is 18. The monoisotopic (exact) mass is 874 g/mol. The van der Waals surface area contributed by atoms with Gasteiger partial charge >= 0.3 is 43.9 Å². The molecular weight excluding hydrogens is 811 g/mol. The maximum absolute atomic E-state index is 13.7. The molecule has 0 fully saturated rings. The Bertz CT molecular complexity index is 1620. The van der Waals surface area contributed by atoms with E-state index in [1.165, 1.54) is 0 Å². The van der Waals surface area contributed by atoms with E-state index in [1.807, 2.05) is 0 Å². The van der Waals surface area contributed by atoms with Crippen molar-refractivity contribution in [1.29, 1.82) is 0 Å². The molecule has 60 heavy (non-hydrogen) atoms. The van der Waals surface area contributed by atoms with Gasteiger partial charge in [-0.25, -0.2) is 19.2 Å². The molecule has 0 unspecified atom stereocenters. The highest BCUT2D eigenvalue weighted by atomic mass is 31.2. The molecule has 1 aromatic heterocycles. The van der Waals surface area contributed by atoms with Crippen molar-refractivity contribution in [3.63, 3.8) is 0 Å². The molecule has 1 heterocycles. The summed E-state index contributed by atoms with van der Waals surface area (Å²) in [6.45, 7) is 26.0. The Kier molecular flexibility index (Phi) is 17.9.